The molecule has 2 aromatic rings. The highest BCUT2D eigenvalue weighted by atomic mass is 16.5. The Hall–Kier alpha value is -2.00. The van der Waals surface area contributed by atoms with Crippen molar-refractivity contribution < 1.29 is 9.47 Å². The first-order valence-electron chi connectivity index (χ1n) is 6.79. The number of hydrogen-bond donors (Lipinski definition) is 1. The molecular weight excluding hydrogens is 250 g/mol. The third-order valence-electron chi connectivity index (χ3n) is 3.26. The van der Waals surface area contributed by atoms with Gasteiger partial charge < -0.3 is 14.8 Å². The van der Waals surface area contributed by atoms with Gasteiger partial charge in [-0.25, -0.2) is 0 Å². The van der Waals surface area contributed by atoms with Gasteiger partial charge in [-0.15, -0.1) is 0 Å². The van der Waals surface area contributed by atoms with Gasteiger partial charge >= 0.3 is 0 Å². The molecule has 0 atom stereocenters. The van der Waals surface area contributed by atoms with Crippen molar-refractivity contribution in [3.63, 3.8) is 0 Å². The molecule has 0 aromatic heterocycles. The van der Waals surface area contributed by atoms with E-state index in [1.807, 2.05) is 24.3 Å². The van der Waals surface area contributed by atoms with Crippen LogP contribution in [0.15, 0.2) is 48.5 Å². The van der Waals surface area contributed by atoms with Gasteiger partial charge in [0.15, 0.2) is 0 Å². The molecule has 0 aliphatic rings. The highest BCUT2D eigenvalue weighted by Crippen LogP contribution is 2.27. The van der Waals surface area contributed by atoms with E-state index in [2.05, 4.69) is 29.6 Å². The predicted molar refractivity (Wildman–Crippen MR) is 81.4 cm³/mol. The van der Waals surface area contributed by atoms with Crippen molar-refractivity contribution in [2.24, 2.45) is 0 Å². The van der Waals surface area contributed by atoms with Crippen LogP contribution in [-0.4, -0.2) is 20.8 Å². The third kappa shape index (κ3) is 3.75. The molecule has 0 fully saturated rings. The minimum Gasteiger partial charge on any atom is -0.496 e. The minimum atomic E-state index is 0.736. The Labute approximate surface area is 120 Å². The van der Waals surface area contributed by atoms with Crippen LogP contribution in [-0.2, 0) is 13.0 Å². The highest BCUT2D eigenvalue weighted by molar-refractivity contribution is 5.44. The summed E-state index contributed by atoms with van der Waals surface area (Å²) in [5, 5.41) is 3.44. The Balaban J connectivity index is 1.90. The second kappa shape index (κ2) is 7.56. The molecule has 0 spiro atoms. The number of rotatable bonds is 7. The van der Waals surface area contributed by atoms with Crippen LogP contribution in [0.1, 0.15) is 11.1 Å². The first-order chi connectivity index (χ1) is 9.85. The van der Waals surface area contributed by atoms with Gasteiger partial charge in [0.2, 0.25) is 0 Å². The summed E-state index contributed by atoms with van der Waals surface area (Å²) in [5.41, 5.74) is 2.40. The quantitative estimate of drug-likeness (QED) is 0.785. The van der Waals surface area contributed by atoms with Crippen molar-refractivity contribution in [2.75, 3.05) is 20.8 Å². The lowest BCUT2D eigenvalue weighted by atomic mass is 10.1. The molecule has 106 valence electrons. The summed E-state index contributed by atoms with van der Waals surface area (Å²) in [6.07, 6.45) is 1.01. The number of nitrogens with one attached hydrogen (secondary N) is 1. The SMILES string of the molecule is COc1cccc(OC)c1CNCCc1ccccc1. The lowest BCUT2D eigenvalue weighted by Crippen LogP contribution is -2.17. The standard InChI is InChI=1S/C17H21NO2/c1-19-16-9-6-10-17(20-2)15(16)13-18-12-11-14-7-4-3-5-8-14/h3-10,18H,11-13H2,1-2H3. The van der Waals surface area contributed by atoms with Crippen molar-refractivity contribution in [3.05, 3.63) is 59.7 Å². The van der Waals surface area contributed by atoms with Gasteiger partial charge in [0.05, 0.1) is 14.2 Å². The molecule has 1 N–H and O–H groups in total. The molecule has 2 rings (SSSR count). The third-order valence-corrected chi connectivity index (χ3v) is 3.26. The molecule has 0 amide bonds. The summed E-state index contributed by atoms with van der Waals surface area (Å²) < 4.78 is 10.8. The van der Waals surface area contributed by atoms with Crippen LogP contribution in [0.5, 0.6) is 11.5 Å². The van der Waals surface area contributed by atoms with Crippen LogP contribution >= 0.6 is 0 Å². The van der Waals surface area contributed by atoms with Crippen LogP contribution in [0, 0.1) is 0 Å². The van der Waals surface area contributed by atoms with Gasteiger partial charge in [0.25, 0.3) is 0 Å². The monoisotopic (exact) mass is 271 g/mol. The van der Waals surface area contributed by atoms with Gasteiger partial charge in [-0.05, 0) is 30.7 Å². The van der Waals surface area contributed by atoms with Gasteiger partial charge in [-0.1, -0.05) is 36.4 Å². The summed E-state index contributed by atoms with van der Waals surface area (Å²) >= 11 is 0. The van der Waals surface area contributed by atoms with Gasteiger partial charge in [-0.2, -0.15) is 0 Å². The number of hydrogen-bond acceptors (Lipinski definition) is 3. The van der Waals surface area contributed by atoms with E-state index < -0.39 is 0 Å². The van der Waals surface area contributed by atoms with E-state index in [4.69, 9.17) is 9.47 Å². The zero-order valence-corrected chi connectivity index (χ0v) is 12.1. The number of benzene rings is 2. The van der Waals surface area contributed by atoms with Crippen molar-refractivity contribution in [1.29, 1.82) is 0 Å². The average molecular weight is 271 g/mol. The second-order valence-electron chi connectivity index (χ2n) is 4.55. The fraction of sp³-hybridized carbons (Fsp3) is 0.294. The molecule has 2 aromatic carbocycles. The van der Waals surface area contributed by atoms with Crippen molar-refractivity contribution >= 4 is 0 Å². The topological polar surface area (TPSA) is 30.5 Å². The summed E-state index contributed by atoms with van der Waals surface area (Å²) in [5.74, 6) is 1.72. The number of ether oxygens (including phenoxy) is 2. The summed E-state index contributed by atoms with van der Waals surface area (Å²) in [7, 11) is 3.37. The van der Waals surface area contributed by atoms with Crippen LogP contribution in [0.4, 0.5) is 0 Å². The molecule has 0 bridgehead atoms. The fourth-order valence-corrected chi connectivity index (χ4v) is 2.19. The maximum Gasteiger partial charge on any atom is 0.127 e. The lowest BCUT2D eigenvalue weighted by molar-refractivity contribution is 0.382. The Morgan fingerprint density at radius 3 is 2.10 bits per heavy atom. The average Bonchev–Trinajstić information content (AvgIpc) is 2.52. The molecule has 0 aliphatic carbocycles. The van der Waals surface area contributed by atoms with E-state index in [-0.39, 0.29) is 0 Å². The van der Waals surface area contributed by atoms with E-state index in [1.165, 1.54) is 5.56 Å². The lowest BCUT2D eigenvalue weighted by Gasteiger charge is -2.13. The van der Waals surface area contributed by atoms with Crippen LogP contribution in [0.3, 0.4) is 0 Å². The highest BCUT2D eigenvalue weighted by Gasteiger charge is 2.08. The minimum absolute atomic E-state index is 0.736. The van der Waals surface area contributed by atoms with Crippen molar-refractivity contribution in [1.82, 2.24) is 5.32 Å². The van der Waals surface area contributed by atoms with E-state index >= 15 is 0 Å². The molecule has 0 saturated heterocycles. The molecule has 3 nitrogen and oxygen atoms in total. The summed E-state index contributed by atoms with van der Waals surface area (Å²) in [6, 6.07) is 16.3. The van der Waals surface area contributed by atoms with Gasteiger partial charge in [0, 0.05) is 12.1 Å². The Morgan fingerprint density at radius 1 is 0.850 bits per heavy atom. The zero-order chi connectivity index (χ0) is 14.2. The van der Waals surface area contributed by atoms with Crippen LogP contribution in [0.25, 0.3) is 0 Å². The maximum absolute atomic E-state index is 5.38. The molecule has 3 heteroatoms. The molecule has 20 heavy (non-hydrogen) atoms. The molecular formula is C17H21NO2. The normalized spacial score (nSPS) is 10.3. The van der Waals surface area contributed by atoms with Gasteiger partial charge in [0.1, 0.15) is 11.5 Å². The predicted octanol–water partition coefficient (Wildman–Crippen LogP) is 3.04. The smallest absolute Gasteiger partial charge is 0.127 e. The molecule has 0 heterocycles. The van der Waals surface area contributed by atoms with Crippen LogP contribution < -0.4 is 14.8 Å². The van der Waals surface area contributed by atoms with E-state index in [9.17, 15) is 0 Å². The Bertz CT molecular complexity index is 504. The van der Waals surface area contributed by atoms with Gasteiger partial charge in [-0.3, -0.25) is 0 Å². The maximum atomic E-state index is 5.38. The molecule has 0 unspecified atom stereocenters. The summed E-state index contributed by atoms with van der Waals surface area (Å²) in [6.45, 7) is 1.66. The molecule has 0 radical (unpaired) electrons. The van der Waals surface area contributed by atoms with E-state index in [0.29, 0.717) is 0 Å². The molecule has 0 aliphatic heterocycles. The van der Waals surface area contributed by atoms with Crippen molar-refractivity contribution in [2.45, 2.75) is 13.0 Å². The largest absolute Gasteiger partial charge is 0.496 e. The Kier molecular flexibility index (Phi) is 5.44. The first kappa shape index (κ1) is 14.4. The molecule has 0 saturated carbocycles. The van der Waals surface area contributed by atoms with E-state index in [1.54, 1.807) is 14.2 Å². The van der Waals surface area contributed by atoms with Crippen molar-refractivity contribution in [3.8, 4) is 11.5 Å². The first-order valence-corrected chi connectivity index (χ1v) is 6.79. The number of methoxy groups -OCH3 is 2. The summed E-state index contributed by atoms with van der Waals surface area (Å²) in [4.78, 5) is 0. The van der Waals surface area contributed by atoms with E-state index in [0.717, 1.165) is 36.6 Å². The zero-order valence-electron chi connectivity index (χ0n) is 12.1. The van der Waals surface area contributed by atoms with Crippen LogP contribution in [0.2, 0.25) is 0 Å². The fourth-order valence-electron chi connectivity index (χ4n) is 2.19. The second-order valence-corrected chi connectivity index (χ2v) is 4.55. The Morgan fingerprint density at radius 2 is 1.50 bits per heavy atom.